The predicted molar refractivity (Wildman–Crippen MR) is 121 cm³/mol. The maximum absolute atomic E-state index is 12.7. The average molecular weight is 451 g/mol. The van der Waals surface area contributed by atoms with E-state index in [4.69, 9.17) is 0 Å². The van der Waals surface area contributed by atoms with Crippen LogP contribution in [0, 0.1) is 6.92 Å². The van der Waals surface area contributed by atoms with E-state index < -0.39 is 15.9 Å². The second-order valence-electron chi connectivity index (χ2n) is 7.60. The Morgan fingerprint density at radius 3 is 2.22 bits per heavy atom. The highest BCUT2D eigenvalue weighted by Gasteiger charge is 2.24. The first-order chi connectivity index (χ1) is 15.3. The third-order valence-corrected chi connectivity index (χ3v) is 6.42. The number of aromatic nitrogens is 1. The third-order valence-electron chi connectivity index (χ3n) is 5.02. The maximum atomic E-state index is 12.7. The molecule has 2 aromatic carbocycles. The summed E-state index contributed by atoms with van der Waals surface area (Å²) in [7, 11) is -3.80. The predicted octanol–water partition coefficient (Wildman–Crippen LogP) is 3.34. The molecule has 0 saturated heterocycles. The minimum absolute atomic E-state index is 0.0285. The summed E-state index contributed by atoms with van der Waals surface area (Å²) in [5, 5.41) is 5.72. The SMILES string of the molecule is Cc1ccc(C(=O)NC2CC2)cc1NC(=O)c1ccc(S(=O)(=O)Nc2ccncc2)cc1. The summed E-state index contributed by atoms with van der Waals surface area (Å²) >= 11 is 0. The van der Waals surface area contributed by atoms with Crippen LogP contribution in [0.4, 0.5) is 11.4 Å². The van der Waals surface area contributed by atoms with Gasteiger partial charge in [0.25, 0.3) is 21.8 Å². The quantitative estimate of drug-likeness (QED) is 0.510. The van der Waals surface area contributed by atoms with Crippen LogP contribution in [0.25, 0.3) is 0 Å². The summed E-state index contributed by atoms with van der Waals surface area (Å²) in [5.41, 5.74) is 2.49. The highest BCUT2D eigenvalue weighted by atomic mass is 32.2. The van der Waals surface area contributed by atoms with Crippen LogP contribution < -0.4 is 15.4 Å². The molecular weight excluding hydrogens is 428 g/mol. The lowest BCUT2D eigenvalue weighted by Crippen LogP contribution is -2.25. The van der Waals surface area contributed by atoms with Gasteiger partial charge in [-0.25, -0.2) is 8.42 Å². The zero-order valence-electron chi connectivity index (χ0n) is 17.3. The first kappa shape index (κ1) is 21.5. The molecule has 0 spiro atoms. The van der Waals surface area contributed by atoms with E-state index in [1.165, 1.54) is 36.7 Å². The third kappa shape index (κ3) is 5.12. The summed E-state index contributed by atoms with van der Waals surface area (Å²) in [6.07, 6.45) is 4.95. The van der Waals surface area contributed by atoms with Crippen LogP contribution in [0.3, 0.4) is 0 Å². The Balaban J connectivity index is 1.46. The molecule has 3 aromatic rings. The van der Waals surface area contributed by atoms with Crippen molar-refractivity contribution in [2.75, 3.05) is 10.0 Å². The van der Waals surface area contributed by atoms with Crippen LogP contribution in [-0.2, 0) is 10.0 Å². The lowest BCUT2D eigenvalue weighted by atomic mass is 10.1. The van der Waals surface area contributed by atoms with Crippen molar-refractivity contribution in [1.29, 1.82) is 0 Å². The summed E-state index contributed by atoms with van der Waals surface area (Å²) in [6.45, 7) is 1.83. The number of anilines is 2. The van der Waals surface area contributed by atoms with E-state index in [0.29, 0.717) is 22.5 Å². The fraction of sp³-hybridized carbons (Fsp3) is 0.174. The summed E-state index contributed by atoms with van der Waals surface area (Å²) in [6, 6.07) is 14.1. The summed E-state index contributed by atoms with van der Waals surface area (Å²) < 4.78 is 27.5. The molecule has 2 amide bonds. The molecule has 0 atom stereocenters. The van der Waals surface area contributed by atoms with E-state index in [0.717, 1.165) is 18.4 Å². The lowest BCUT2D eigenvalue weighted by Gasteiger charge is -2.12. The van der Waals surface area contributed by atoms with Crippen molar-refractivity contribution >= 4 is 33.2 Å². The Kier molecular flexibility index (Phi) is 5.91. The van der Waals surface area contributed by atoms with Crippen molar-refractivity contribution < 1.29 is 18.0 Å². The Morgan fingerprint density at radius 1 is 0.906 bits per heavy atom. The van der Waals surface area contributed by atoms with Gasteiger partial charge >= 0.3 is 0 Å². The van der Waals surface area contributed by atoms with Crippen molar-refractivity contribution in [3.05, 3.63) is 83.7 Å². The average Bonchev–Trinajstić information content (AvgIpc) is 3.59. The highest BCUT2D eigenvalue weighted by molar-refractivity contribution is 7.92. The van der Waals surface area contributed by atoms with Gasteiger partial charge in [-0.1, -0.05) is 6.07 Å². The molecule has 1 aliphatic rings. The maximum Gasteiger partial charge on any atom is 0.261 e. The molecule has 1 heterocycles. The van der Waals surface area contributed by atoms with Gasteiger partial charge in [0.2, 0.25) is 0 Å². The van der Waals surface area contributed by atoms with Gasteiger partial charge < -0.3 is 10.6 Å². The minimum Gasteiger partial charge on any atom is -0.349 e. The van der Waals surface area contributed by atoms with Crippen LogP contribution in [-0.4, -0.2) is 31.3 Å². The number of nitrogens with zero attached hydrogens (tertiary/aromatic N) is 1. The Bertz CT molecular complexity index is 1250. The first-order valence-corrected chi connectivity index (χ1v) is 11.6. The lowest BCUT2D eigenvalue weighted by molar-refractivity contribution is 0.0949. The van der Waals surface area contributed by atoms with Crippen LogP contribution in [0.2, 0.25) is 0 Å². The number of nitrogens with one attached hydrogen (secondary N) is 3. The number of hydrogen-bond donors (Lipinski definition) is 3. The number of aryl methyl sites for hydroxylation is 1. The molecule has 0 bridgehead atoms. The molecule has 8 nitrogen and oxygen atoms in total. The minimum atomic E-state index is -3.80. The molecule has 4 rings (SSSR count). The molecule has 0 unspecified atom stereocenters. The number of amides is 2. The Morgan fingerprint density at radius 2 is 1.56 bits per heavy atom. The molecule has 1 aliphatic carbocycles. The van der Waals surface area contributed by atoms with Crippen molar-refractivity contribution in [1.82, 2.24) is 10.3 Å². The normalized spacial score (nSPS) is 13.3. The number of pyridine rings is 1. The molecule has 1 fully saturated rings. The van der Waals surface area contributed by atoms with E-state index in [1.54, 1.807) is 30.3 Å². The monoisotopic (exact) mass is 450 g/mol. The number of hydrogen-bond acceptors (Lipinski definition) is 5. The van der Waals surface area contributed by atoms with Gasteiger partial charge in [-0.3, -0.25) is 19.3 Å². The molecule has 164 valence electrons. The van der Waals surface area contributed by atoms with Crippen LogP contribution >= 0.6 is 0 Å². The van der Waals surface area contributed by atoms with E-state index in [9.17, 15) is 18.0 Å². The fourth-order valence-corrected chi connectivity index (χ4v) is 4.07. The van der Waals surface area contributed by atoms with Crippen molar-refractivity contribution in [2.45, 2.75) is 30.7 Å². The Labute approximate surface area is 186 Å². The Hall–Kier alpha value is -3.72. The second kappa shape index (κ2) is 8.80. The standard InChI is InChI=1S/C23H22N4O4S/c1-15-2-3-17(23(29)25-18-6-7-18)14-21(15)26-22(28)16-4-8-20(9-5-16)32(30,31)27-19-10-12-24-13-11-19/h2-5,8-14,18H,6-7H2,1H3,(H,24,27)(H,25,29)(H,26,28). The van der Waals surface area contributed by atoms with Gasteiger partial charge in [-0.05, 0) is 73.9 Å². The van der Waals surface area contributed by atoms with E-state index in [1.807, 2.05) is 6.92 Å². The number of carbonyl (C=O) groups excluding carboxylic acids is 2. The van der Waals surface area contributed by atoms with Gasteiger partial charge in [0, 0.05) is 35.2 Å². The summed E-state index contributed by atoms with van der Waals surface area (Å²) in [5.74, 6) is -0.571. The molecule has 1 saturated carbocycles. The smallest absolute Gasteiger partial charge is 0.261 e. The number of benzene rings is 2. The van der Waals surface area contributed by atoms with Crippen LogP contribution in [0.5, 0.6) is 0 Å². The highest BCUT2D eigenvalue weighted by Crippen LogP contribution is 2.22. The van der Waals surface area contributed by atoms with Crippen LogP contribution in [0.15, 0.2) is 71.9 Å². The van der Waals surface area contributed by atoms with E-state index in [-0.39, 0.29) is 16.8 Å². The van der Waals surface area contributed by atoms with Crippen molar-refractivity contribution in [3.8, 4) is 0 Å². The number of sulfonamides is 1. The molecule has 9 heteroatoms. The number of rotatable bonds is 7. The molecular formula is C23H22N4O4S. The van der Waals surface area contributed by atoms with Crippen molar-refractivity contribution in [2.24, 2.45) is 0 Å². The van der Waals surface area contributed by atoms with Gasteiger partial charge in [-0.2, -0.15) is 0 Å². The van der Waals surface area contributed by atoms with Gasteiger partial charge in [0.15, 0.2) is 0 Å². The molecule has 1 aromatic heterocycles. The van der Waals surface area contributed by atoms with Gasteiger partial charge in [-0.15, -0.1) is 0 Å². The fourth-order valence-electron chi connectivity index (χ4n) is 3.01. The van der Waals surface area contributed by atoms with E-state index in [2.05, 4.69) is 20.3 Å². The van der Waals surface area contributed by atoms with Gasteiger partial charge in [0.05, 0.1) is 10.6 Å². The zero-order valence-corrected chi connectivity index (χ0v) is 18.1. The van der Waals surface area contributed by atoms with Crippen LogP contribution in [0.1, 0.15) is 39.1 Å². The first-order valence-electron chi connectivity index (χ1n) is 10.1. The molecule has 32 heavy (non-hydrogen) atoms. The number of carbonyl (C=O) groups is 2. The molecule has 0 radical (unpaired) electrons. The second-order valence-corrected chi connectivity index (χ2v) is 9.28. The van der Waals surface area contributed by atoms with Crippen molar-refractivity contribution in [3.63, 3.8) is 0 Å². The van der Waals surface area contributed by atoms with Gasteiger partial charge in [0.1, 0.15) is 0 Å². The van der Waals surface area contributed by atoms with E-state index >= 15 is 0 Å². The zero-order chi connectivity index (χ0) is 22.7. The topological polar surface area (TPSA) is 117 Å². The molecule has 3 N–H and O–H groups in total. The largest absolute Gasteiger partial charge is 0.349 e. The molecule has 0 aliphatic heterocycles. The summed E-state index contributed by atoms with van der Waals surface area (Å²) in [4.78, 5) is 28.9.